The Labute approximate surface area is 116 Å². The van der Waals surface area contributed by atoms with E-state index in [2.05, 4.69) is 10.6 Å². The van der Waals surface area contributed by atoms with E-state index in [1.807, 2.05) is 0 Å². The normalized spacial score (nSPS) is 20.9. The van der Waals surface area contributed by atoms with Crippen molar-refractivity contribution < 1.29 is 17.6 Å². The highest BCUT2D eigenvalue weighted by molar-refractivity contribution is 7.91. The predicted octanol–water partition coefficient (Wildman–Crippen LogP) is 1.28. The minimum Gasteiger partial charge on any atom is -0.334 e. The van der Waals surface area contributed by atoms with Gasteiger partial charge in [0.1, 0.15) is 5.82 Å². The molecule has 2 N–H and O–H groups in total. The van der Waals surface area contributed by atoms with Crippen LogP contribution in [0.25, 0.3) is 6.08 Å². The maximum atomic E-state index is 13.3. The van der Waals surface area contributed by atoms with Crippen LogP contribution < -0.4 is 10.6 Å². The van der Waals surface area contributed by atoms with E-state index in [1.54, 1.807) is 18.2 Å². The molecular formula is C13H15FN2O3S. The molecule has 0 bridgehead atoms. The molecule has 0 saturated carbocycles. The number of carbonyl (C=O) groups excluding carboxylic acids is 1. The second kappa shape index (κ2) is 6.04. The SMILES string of the molecule is O=C(N/C=C/c1ccccc1F)NC1CCS(=O)(=O)C1. The second-order valence-corrected chi connectivity index (χ2v) is 6.80. The maximum absolute atomic E-state index is 13.3. The average molecular weight is 298 g/mol. The van der Waals surface area contributed by atoms with Gasteiger partial charge < -0.3 is 10.6 Å². The van der Waals surface area contributed by atoms with Gasteiger partial charge in [-0.1, -0.05) is 18.2 Å². The number of benzene rings is 1. The van der Waals surface area contributed by atoms with Gasteiger partial charge in [0.15, 0.2) is 9.84 Å². The van der Waals surface area contributed by atoms with Crippen molar-refractivity contribution in [1.29, 1.82) is 0 Å². The molecule has 0 radical (unpaired) electrons. The van der Waals surface area contributed by atoms with Gasteiger partial charge in [0.25, 0.3) is 0 Å². The van der Waals surface area contributed by atoms with Gasteiger partial charge in [-0.3, -0.25) is 0 Å². The molecule has 1 aliphatic heterocycles. The largest absolute Gasteiger partial charge is 0.334 e. The lowest BCUT2D eigenvalue weighted by atomic mass is 10.2. The van der Waals surface area contributed by atoms with E-state index in [9.17, 15) is 17.6 Å². The number of halogens is 1. The minimum atomic E-state index is -3.02. The summed E-state index contributed by atoms with van der Waals surface area (Å²) in [5.41, 5.74) is 0.358. The molecule has 20 heavy (non-hydrogen) atoms. The average Bonchev–Trinajstić information content (AvgIpc) is 2.71. The summed E-state index contributed by atoms with van der Waals surface area (Å²) >= 11 is 0. The molecule has 0 aliphatic carbocycles. The van der Waals surface area contributed by atoms with Crippen molar-refractivity contribution in [3.63, 3.8) is 0 Å². The lowest BCUT2D eigenvalue weighted by Gasteiger charge is -2.09. The minimum absolute atomic E-state index is 0.0303. The van der Waals surface area contributed by atoms with Crippen molar-refractivity contribution in [1.82, 2.24) is 10.6 Å². The van der Waals surface area contributed by atoms with Crippen LogP contribution in [0.4, 0.5) is 9.18 Å². The molecule has 0 aromatic heterocycles. The third-order valence-corrected chi connectivity index (χ3v) is 4.72. The Morgan fingerprint density at radius 1 is 1.35 bits per heavy atom. The summed E-state index contributed by atoms with van der Waals surface area (Å²) in [5, 5.41) is 4.98. The Morgan fingerprint density at radius 3 is 2.75 bits per heavy atom. The first-order valence-electron chi connectivity index (χ1n) is 6.15. The molecule has 108 valence electrons. The van der Waals surface area contributed by atoms with Crippen molar-refractivity contribution in [2.75, 3.05) is 11.5 Å². The van der Waals surface area contributed by atoms with Crippen molar-refractivity contribution in [3.05, 3.63) is 41.8 Å². The van der Waals surface area contributed by atoms with Gasteiger partial charge >= 0.3 is 6.03 Å². The van der Waals surface area contributed by atoms with E-state index >= 15 is 0 Å². The molecule has 1 heterocycles. The number of carbonyl (C=O) groups is 1. The lowest BCUT2D eigenvalue weighted by Crippen LogP contribution is -2.40. The molecule has 7 heteroatoms. The standard InChI is InChI=1S/C13H15FN2O3S/c14-12-4-2-1-3-10(12)5-7-15-13(17)16-11-6-8-20(18,19)9-11/h1-5,7,11H,6,8-9H2,(H2,15,16,17)/b7-5+. The number of hydrogen-bond donors (Lipinski definition) is 2. The fourth-order valence-electron chi connectivity index (χ4n) is 1.95. The number of nitrogens with one attached hydrogen (secondary N) is 2. The first-order chi connectivity index (χ1) is 9.46. The van der Waals surface area contributed by atoms with Gasteiger partial charge in [0, 0.05) is 17.8 Å². The Balaban J connectivity index is 1.83. The van der Waals surface area contributed by atoms with E-state index in [0.29, 0.717) is 12.0 Å². The number of rotatable bonds is 3. The van der Waals surface area contributed by atoms with Crippen LogP contribution in [0.15, 0.2) is 30.5 Å². The smallest absolute Gasteiger partial charge is 0.319 e. The summed E-state index contributed by atoms with van der Waals surface area (Å²) in [6.07, 6.45) is 3.17. The van der Waals surface area contributed by atoms with Crippen LogP contribution >= 0.6 is 0 Å². The van der Waals surface area contributed by atoms with Gasteiger partial charge in [0.05, 0.1) is 11.5 Å². The Morgan fingerprint density at radius 2 is 2.10 bits per heavy atom. The van der Waals surface area contributed by atoms with Crippen molar-refractivity contribution in [2.45, 2.75) is 12.5 Å². The Bertz CT molecular complexity index is 628. The molecule has 1 atom stereocenters. The van der Waals surface area contributed by atoms with Crippen molar-refractivity contribution >= 4 is 21.9 Å². The van der Waals surface area contributed by atoms with E-state index in [0.717, 1.165) is 0 Å². The van der Waals surface area contributed by atoms with Crippen molar-refractivity contribution in [3.8, 4) is 0 Å². The molecule has 1 unspecified atom stereocenters. The molecule has 5 nitrogen and oxygen atoms in total. The highest BCUT2D eigenvalue weighted by Crippen LogP contribution is 2.11. The maximum Gasteiger partial charge on any atom is 0.319 e. The fourth-order valence-corrected chi connectivity index (χ4v) is 3.63. The first kappa shape index (κ1) is 14.5. The number of sulfone groups is 1. The van der Waals surface area contributed by atoms with Crippen LogP contribution in [0.3, 0.4) is 0 Å². The molecule has 1 saturated heterocycles. The van der Waals surface area contributed by atoms with Crippen molar-refractivity contribution in [2.24, 2.45) is 0 Å². The number of urea groups is 1. The highest BCUT2D eigenvalue weighted by atomic mass is 32.2. The molecule has 1 aromatic carbocycles. The summed E-state index contributed by atoms with van der Waals surface area (Å²) in [6.45, 7) is 0. The number of hydrogen-bond acceptors (Lipinski definition) is 3. The molecule has 2 rings (SSSR count). The molecular weight excluding hydrogens is 283 g/mol. The molecule has 0 spiro atoms. The van der Waals surface area contributed by atoms with Gasteiger partial charge in [-0.25, -0.2) is 17.6 Å². The van der Waals surface area contributed by atoms with Gasteiger partial charge in [0.2, 0.25) is 0 Å². The molecule has 1 fully saturated rings. The van der Waals surface area contributed by atoms with Crippen LogP contribution in [0.2, 0.25) is 0 Å². The summed E-state index contributed by atoms with van der Waals surface area (Å²) in [5.74, 6) is -0.312. The van der Waals surface area contributed by atoms with Crippen LogP contribution in [0, 0.1) is 5.82 Å². The van der Waals surface area contributed by atoms with Crippen LogP contribution in [-0.2, 0) is 9.84 Å². The van der Waals surface area contributed by atoms with Crippen LogP contribution in [-0.4, -0.2) is 32.0 Å². The topological polar surface area (TPSA) is 75.3 Å². The van der Waals surface area contributed by atoms with E-state index < -0.39 is 15.9 Å². The molecule has 1 aliphatic rings. The van der Waals surface area contributed by atoms with E-state index in [1.165, 1.54) is 18.3 Å². The van der Waals surface area contributed by atoms with Crippen LogP contribution in [0.5, 0.6) is 0 Å². The lowest BCUT2D eigenvalue weighted by molar-refractivity contribution is 0.241. The summed E-state index contributed by atoms with van der Waals surface area (Å²) in [6, 6.07) is 5.30. The Hall–Kier alpha value is -1.89. The van der Waals surface area contributed by atoms with Gasteiger partial charge in [-0.15, -0.1) is 0 Å². The third kappa shape index (κ3) is 4.06. The fraction of sp³-hybridized carbons (Fsp3) is 0.308. The summed E-state index contributed by atoms with van der Waals surface area (Å²) < 4.78 is 35.7. The molecule has 1 aromatic rings. The zero-order valence-corrected chi connectivity index (χ0v) is 11.5. The Kier molecular flexibility index (Phi) is 4.39. The summed E-state index contributed by atoms with van der Waals surface area (Å²) in [4.78, 5) is 11.5. The van der Waals surface area contributed by atoms with E-state index in [4.69, 9.17) is 0 Å². The monoisotopic (exact) mass is 298 g/mol. The van der Waals surface area contributed by atoms with Gasteiger partial charge in [-0.05, 0) is 18.6 Å². The second-order valence-electron chi connectivity index (χ2n) is 4.57. The zero-order chi connectivity index (χ0) is 14.6. The quantitative estimate of drug-likeness (QED) is 0.882. The summed E-state index contributed by atoms with van der Waals surface area (Å²) in [7, 11) is -3.02. The molecule has 2 amide bonds. The first-order valence-corrected chi connectivity index (χ1v) is 7.97. The predicted molar refractivity (Wildman–Crippen MR) is 74.2 cm³/mol. The van der Waals surface area contributed by atoms with Crippen LogP contribution in [0.1, 0.15) is 12.0 Å². The highest BCUT2D eigenvalue weighted by Gasteiger charge is 2.28. The van der Waals surface area contributed by atoms with Gasteiger partial charge in [-0.2, -0.15) is 0 Å². The van der Waals surface area contributed by atoms with E-state index in [-0.39, 0.29) is 23.4 Å². The third-order valence-electron chi connectivity index (χ3n) is 2.95. The zero-order valence-electron chi connectivity index (χ0n) is 10.7. The number of amides is 2.